The Morgan fingerprint density at radius 3 is 2.59 bits per heavy atom. The minimum absolute atomic E-state index is 0.410. The van der Waals surface area contributed by atoms with Crippen LogP contribution in [0, 0.1) is 0 Å². The van der Waals surface area contributed by atoms with E-state index >= 15 is 0 Å². The highest BCUT2D eigenvalue weighted by Gasteiger charge is 2.14. The highest BCUT2D eigenvalue weighted by atomic mass is 35.5. The lowest BCUT2D eigenvalue weighted by Crippen LogP contribution is -2.22. The molecule has 0 spiro atoms. The standard InChI is InChI=1S/C16H16Cl2N2O2/c1-11(21-2)22-20-16(12-6-4-3-5-7-12)15(18)13-10-19-9-8-14(13)17/h3-11,20H,1-2H3. The van der Waals surface area contributed by atoms with Crippen molar-refractivity contribution in [2.24, 2.45) is 0 Å². The molecule has 0 aliphatic carbocycles. The molecular weight excluding hydrogens is 323 g/mol. The molecule has 0 amide bonds. The van der Waals surface area contributed by atoms with Crippen molar-refractivity contribution in [2.75, 3.05) is 7.11 Å². The van der Waals surface area contributed by atoms with Gasteiger partial charge < -0.3 is 4.74 Å². The number of nitrogens with zero attached hydrogens (tertiary/aromatic N) is 1. The van der Waals surface area contributed by atoms with Gasteiger partial charge in [-0.05, 0) is 13.0 Å². The van der Waals surface area contributed by atoms with Crippen molar-refractivity contribution in [1.82, 2.24) is 10.5 Å². The van der Waals surface area contributed by atoms with Gasteiger partial charge in [0.05, 0.1) is 15.8 Å². The molecule has 0 radical (unpaired) electrons. The van der Waals surface area contributed by atoms with Crippen molar-refractivity contribution in [3.05, 3.63) is 64.9 Å². The maximum Gasteiger partial charge on any atom is 0.180 e. The van der Waals surface area contributed by atoms with Crippen LogP contribution in [0.15, 0.2) is 48.8 Å². The first-order valence-corrected chi connectivity index (χ1v) is 7.38. The summed E-state index contributed by atoms with van der Waals surface area (Å²) < 4.78 is 5.06. The van der Waals surface area contributed by atoms with Crippen LogP contribution >= 0.6 is 23.2 Å². The summed E-state index contributed by atoms with van der Waals surface area (Å²) >= 11 is 12.7. The van der Waals surface area contributed by atoms with Crippen molar-refractivity contribution in [2.45, 2.75) is 13.2 Å². The first kappa shape index (κ1) is 16.8. The van der Waals surface area contributed by atoms with Gasteiger partial charge in [0, 0.05) is 30.6 Å². The Morgan fingerprint density at radius 1 is 1.23 bits per heavy atom. The van der Waals surface area contributed by atoms with Gasteiger partial charge in [-0.2, -0.15) is 0 Å². The lowest BCUT2D eigenvalue weighted by molar-refractivity contribution is -0.138. The van der Waals surface area contributed by atoms with Crippen molar-refractivity contribution in [3.63, 3.8) is 0 Å². The second-order valence-corrected chi connectivity index (χ2v) is 5.22. The number of hydrogen-bond acceptors (Lipinski definition) is 4. The molecule has 2 rings (SSSR count). The zero-order chi connectivity index (χ0) is 15.9. The molecule has 0 aliphatic rings. The van der Waals surface area contributed by atoms with E-state index in [1.807, 2.05) is 30.3 Å². The Balaban J connectivity index is 2.43. The molecule has 0 bridgehead atoms. The molecular formula is C16H16Cl2N2O2. The van der Waals surface area contributed by atoms with E-state index in [9.17, 15) is 0 Å². The first-order valence-electron chi connectivity index (χ1n) is 6.63. The summed E-state index contributed by atoms with van der Waals surface area (Å²) in [6.45, 7) is 1.76. The van der Waals surface area contributed by atoms with Gasteiger partial charge in [0.25, 0.3) is 0 Å². The zero-order valence-corrected chi connectivity index (χ0v) is 13.7. The fourth-order valence-electron chi connectivity index (χ4n) is 1.70. The Bertz CT molecular complexity index is 648. The quantitative estimate of drug-likeness (QED) is 0.629. The summed E-state index contributed by atoms with van der Waals surface area (Å²) in [7, 11) is 1.55. The third-order valence-corrected chi connectivity index (χ3v) is 3.67. The minimum atomic E-state index is -0.437. The van der Waals surface area contributed by atoms with Crippen LogP contribution in [0.2, 0.25) is 5.02 Å². The van der Waals surface area contributed by atoms with Crippen LogP contribution < -0.4 is 5.48 Å². The van der Waals surface area contributed by atoms with E-state index < -0.39 is 6.29 Å². The van der Waals surface area contributed by atoms with Crippen LogP contribution in [0.5, 0.6) is 0 Å². The molecule has 2 aromatic rings. The zero-order valence-electron chi connectivity index (χ0n) is 12.2. The van der Waals surface area contributed by atoms with Gasteiger partial charge in [0.1, 0.15) is 0 Å². The fourth-order valence-corrected chi connectivity index (χ4v) is 2.25. The SMILES string of the molecule is COC(C)ONC(=C(Cl)c1cnccc1Cl)c1ccccc1. The highest BCUT2D eigenvalue weighted by Crippen LogP contribution is 2.31. The number of rotatable bonds is 6. The van der Waals surface area contributed by atoms with Crippen LogP contribution in [0.25, 0.3) is 10.7 Å². The Hall–Kier alpha value is -1.59. The summed E-state index contributed by atoms with van der Waals surface area (Å²) in [5, 5.41) is 0.919. The third-order valence-electron chi connectivity index (χ3n) is 2.95. The Labute approximate surface area is 139 Å². The van der Waals surface area contributed by atoms with Crippen LogP contribution in [-0.2, 0) is 9.57 Å². The Morgan fingerprint density at radius 2 is 1.95 bits per heavy atom. The molecule has 6 heteroatoms. The van der Waals surface area contributed by atoms with Crippen molar-refractivity contribution in [1.29, 1.82) is 0 Å². The van der Waals surface area contributed by atoms with Crippen molar-refractivity contribution >= 4 is 33.9 Å². The number of benzene rings is 1. The van der Waals surface area contributed by atoms with Gasteiger partial charge in [-0.3, -0.25) is 10.5 Å². The number of ether oxygens (including phenoxy) is 1. The van der Waals surface area contributed by atoms with Gasteiger partial charge in [0.2, 0.25) is 0 Å². The number of pyridine rings is 1. The normalized spacial score (nSPS) is 13.5. The van der Waals surface area contributed by atoms with Crippen LogP contribution in [0.1, 0.15) is 18.1 Å². The molecule has 1 aromatic carbocycles. The second-order valence-electron chi connectivity index (χ2n) is 4.43. The second kappa shape index (κ2) is 8.15. The summed E-state index contributed by atoms with van der Waals surface area (Å²) in [4.78, 5) is 9.47. The lowest BCUT2D eigenvalue weighted by Gasteiger charge is -2.17. The largest absolute Gasteiger partial charge is 0.354 e. The molecule has 1 aromatic heterocycles. The molecule has 0 saturated carbocycles. The molecule has 116 valence electrons. The molecule has 1 unspecified atom stereocenters. The first-order chi connectivity index (χ1) is 10.6. The van der Waals surface area contributed by atoms with Gasteiger partial charge in [0.15, 0.2) is 6.29 Å². The summed E-state index contributed by atoms with van der Waals surface area (Å²) in [5.74, 6) is 0. The van der Waals surface area contributed by atoms with Crippen LogP contribution in [-0.4, -0.2) is 18.4 Å². The Kier molecular flexibility index (Phi) is 6.21. The average molecular weight is 339 g/mol. The monoisotopic (exact) mass is 338 g/mol. The van der Waals surface area contributed by atoms with Gasteiger partial charge in [-0.25, -0.2) is 4.84 Å². The minimum Gasteiger partial charge on any atom is -0.354 e. The van der Waals surface area contributed by atoms with E-state index in [-0.39, 0.29) is 0 Å². The predicted octanol–water partition coefficient (Wildman–Crippen LogP) is 4.31. The molecule has 4 nitrogen and oxygen atoms in total. The highest BCUT2D eigenvalue weighted by molar-refractivity contribution is 6.54. The number of halogens is 2. The smallest absolute Gasteiger partial charge is 0.180 e. The predicted molar refractivity (Wildman–Crippen MR) is 89.0 cm³/mol. The number of methoxy groups -OCH3 is 1. The molecule has 1 N–H and O–H groups in total. The van der Waals surface area contributed by atoms with Crippen LogP contribution in [0.4, 0.5) is 0 Å². The summed E-state index contributed by atoms with van der Waals surface area (Å²) in [6, 6.07) is 11.2. The molecule has 0 saturated heterocycles. The van der Waals surface area contributed by atoms with Gasteiger partial charge in [-0.15, -0.1) is 0 Å². The van der Waals surface area contributed by atoms with Crippen molar-refractivity contribution in [3.8, 4) is 0 Å². The molecule has 0 fully saturated rings. The number of aromatic nitrogens is 1. The van der Waals surface area contributed by atoms with Crippen LogP contribution in [0.3, 0.4) is 0 Å². The molecule has 0 aliphatic heterocycles. The van der Waals surface area contributed by atoms with E-state index in [1.165, 1.54) is 0 Å². The number of nitrogens with one attached hydrogen (secondary N) is 1. The van der Waals surface area contributed by atoms with E-state index in [0.29, 0.717) is 21.3 Å². The van der Waals surface area contributed by atoms with Crippen molar-refractivity contribution < 1.29 is 9.57 Å². The number of hydroxylamine groups is 1. The van der Waals surface area contributed by atoms with E-state index in [1.54, 1.807) is 32.5 Å². The topological polar surface area (TPSA) is 43.4 Å². The number of hydrogen-bond donors (Lipinski definition) is 1. The summed E-state index contributed by atoms with van der Waals surface area (Å²) in [5.41, 5.74) is 4.91. The fraction of sp³-hybridized carbons (Fsp3) is 0.188. The lowest BCUT2D eigenvalue weighted by atomic mass is 10.1. The van der Waals surface area contributed by atoms with Gasteiger partial charge in [-0.1, -0.05) is 53.5 Å². The average Bonchev–Trinajstić information content (AvgIpc) is 2.56. The summed E-state index contributed by atoms with van der Waals surface area (Å²) in [6.07, 6.45) is 2.78. The molecule has 1 heterocycles. The van der Waals surface area contributed by atoms with Gasteiger partial charge >= 0.3 is 0 Å². The molecule has 1 atom stereocenters. The maximum atomic E-state index is 6.51. The van der Waals surface area contributed by atoms with E-state index in [4.69, 9.17) is 32.8 Å². The van der Waals surface area contributed by atoms with E-state index in [2.05, 4.69) is 10.5 Å². The van der Waals surface area contributed by atoms with E-state index in [0.717, 1.165) is 5.56 Å². The molecule has 22 heavy (non-hydrogen) atoms. The maximum absolute atomic E-state index is 6.51. The third kappa shape index (κ3) is 4.21.